The topological polar surface area (TPSA) is 64.6 Å². The molecule has 0 aliphatic heterocycles. The molecule has 2 aromatic rings. The number of para-hydroxylation sites is 3. The second kappa shape index (κ2) is 6.49. The summed E-state index contributed by atoms with van der Waals surface area (Å²) in [6.45, 7) is 2.29. The van der Waals surface area contributed by atoms with Gasteiger partial charge in [-0.3, -0.25) is 4.72 Å². The molecular weight excluding hydrogens is 290 g/mol. The van der Waals surface area contributed by atoms with Crippen molar-refractivity contribution in [3.8, 4) is 11.5 Å². The van der Waals surface area contributed by atoms with Crippen molar-refractivity contribution in [3.05, 3.63) is 48.5 Å². The van der Waals surface area contributed by atoms with Crippen LogP contribution >= 0.6 is 0 Å². The summed E-state index contributed by atoms with van der Waals surface area (Å²) in [5, 5.41) is 0. The molecule has 1 N–H and O–H groups in total. The minimum atomic E-state index is -3.75. The molecule has 0 heterocycles. The zero-order chi connectivity index (χ0) is 15.3. The zero-order valence-electron chi connectivity index (χ0n) is 11.9. The van der Waals surface area contributed by atoms with Crippen LogP contribution in [0.3, 0.4) is 0 Å². The summed E-state index contributed by atoms with van der Waals surface area (Å²) >= 11 is 0. The molecule has 21 heavy (non-hydrogen) atoms. The molecule has 0 fully saturated rings. The maximum atomic E-state index is 12.5. The first-order valence-electron chi connectivity index (χ1n) is 6.46. The maximum absolute atomic E-state index is 12.5. The first-order chi connectivity index (χ1) is 10.1. The van der Waals surface area contributed by atoms with Gasteiger partial charge in [0.15, 0.2) is 0 Å². The highest BCUT2D eigenvalue weighted by Crippen LogP contribution is 2.29. The molecular formula is C15H17NO4S. The molecule has 0 aliphatic carbocycles. The quantitative estimate of drug-likeness (QED) is 0.891. The van der Waals surface area contributed by atoms with Crippen LogP contribution < -0.4 is 14.2 Å². The highest BCUT2D eigenvalue weighted by molar-refractivity contribution is 7.92. The molecule has 0 spiro atoms. The van der Waals surface area contributed by atoms with Crippen molar-refractivity contribution in [2.45, 2.75) is 11.8 Å². The summed E-state index contributed by atoms with van der Waals surface area (Å²) in [5.74, 6) is 0.775. The van der Waals surface area contributed by atoms with Gasteiger partial charge in [-0.25, -0.2) is 8.42 Å². The Kier molecular flexibility index (Phi) is 4.70. The average molecular weight is 307 g/mol. The second-order valence-electron chi connectivity index (χ2n) is 4.19. The highest BCUT2D eigenvalue weighted by atomic mass is 32.2. The van der Waals surface area contributed by atoms with E-state index in [1.165, 1.54) is 13.2 Å². The third kappa shape index (κ3) is 3.46. The van der Waals surface area contributed by atoms with E-state index < -0.39 is 10.0 Å². The van der Waals surface area contributed by atoms with Gasteiger partial charge >= 0.3 is 0 Å². The zero-order valence-corrected chi connectivity index (χ0v) is 12.7. The number of hydrogen-bond acceptors (Lipinski definition) is 4. The molecule has 0 saturated carbocycles. The lowest BCUT2D eigenvalue weighted by Gasteiger charge is -2.14. The van der Waals surface area contributed by atoms with Gasteiger partial charge in [-0.1, -0.05) is 24.3 Å². The monoisotopic (exact) mass is 307 g/mol. The van der Waals surface area contributed by atoms with E-state index in [4.69, 9.17) is 9.47 Å². The number of rotatable bonds is 6. The van der Waals surface area contributed by atoms with Crippen molar-refractivity contribution in [1.29, 1.82) is 0 Å². The van der Waals surface area contributed by atoms with Gasteiger partial charge in [-0.15, -0.1) is 0 Å². The summed E-state index contributed by atoms with van der Waals surface area (Å²) in [6.07, 6.45) is 0. The van der Waals surface area contributed by atoms with Gasteiger partial charge in [0.1, 0.15) is 16.4 Å². The SMILES string of the molecule is CCOc1ccccc1NS(=O)(=O)c1ccccc1OC. The van der Waals surface area contributed by atoms with E-state index in [0.29, 0.717) is 23.8 Å². The molecule has 0 amide bonds. The molecule has 5 nitrogen and oxygen atoms in total. The fourth-order valence-corrected chi connectivity index (χ4v) is 3.11. The number of methoxy groups -OCH3 is 1. The standard InChI is InChI=1S/C15H17NO4S/c1-3-20-13-9-5-4-8-12(13)16-21(17,18)15-11-7-6-10-14(15)19-2/h4-11,16H,3H2,1-2H3. The van der Waals surface area contributed by atoms with Crippen LogP contribution in [0.4, 0.5) is 5.69 Å². The summed E-state index contributed by atoms with van der Waals surface area (Å²) in [6, 6.07) is 13.3. The number of ether oxygens (including phenoxy) is 2. The van der Waals surface area contributed by atoms with E-state index in [2.05, 4.69) is 4.72 Å². The van der Waals surface area contributed by atoms with E-state index in [9.17, 15) is 8.42 Å². The van der Waals surface area contributed by atoms with Crippen LogP contribution in [-0.2, 0) is 10.0 Å². The van der Waals surface area contributed by atoms with Crippen LogP contribution in [0, 0.1) is 0 Å². The number of benzene rings is 2. The Morgan fingerprint density at radius 2 is 1.62 bits per heavy atom. The minimum absolute atomic E-state index is 0.0822. The van der Waals surface area contributed by atoms with E-state index in [1.807, 2.05) is 6.92 Å². The van der Waals surface area contributed by atoms with Gasteiger partial charge < -0.3 is 9.47 Å². The number of sulfonamides is 1. The van der Waals surface area contributed by atoms with Gasteiger partial charge in [0, 0.05) is 0 Å². The molecule has 0 aliphatic rings. The largest absolute Gasteiger partial charge is 0.495 e. The molecule has 0 aromatic heterocycles. The van der Waals surface area contributed by atoms with Crippen LogP contribution in [0.2, 0.25) is 0 Å². The third-order valence-corrected chi connectivity index (χ3v) is 4.19. The summed E-state index contributed by atoms with van der Waals surface area (Å²) in [5.41, 5.74) is 0.394. The molecule has 0 unspecified atom stereocenters. The number of anilines is 1. The van der Waals surface area contributed by atoms with Crippen molar-refractivity contribution in [1.82, 2.24) is 0 Å². The Morgan fingerprint density at radius 1 is 1.00 bits per heavy atom. The van der Waals surface area contributed by atoms with Crippen molar-refractivity contribution < 1.29 is 17.9 Å². The fraction of sp³-hybridized carbons (Fsp3) is 0.200. The van der Waals surface area contributed by atoms with Gasteiger partial charge in [0.05, 0.1) is 19.4 Å². The average Bonchev–Trinajstić information content (AvgIpc) is 2.49. The molecule has 0 saturated heterocycles. The summed E-state index contributed by atoms with van der Waals surface area (Å²) in [4.78, 5) is 0.0822. The van der Waals surface area contributed by atoms with E-state index in [1.54, 1.807) is 42.5 Å². The van der Waals surface area contributed by atoms with Crippen LogP contribution in [0.25, 0.3) is 0 Å². The van der Waals surface area contributed by atoms with Crippen LogP contribution in [-0.4, -0.2) is 22.1 Å². The summed E-state index contributed by atoms with van der Waals surface area (Å²) in [7, 11) is -2.32. The van der Waals surface area contributed by atoms with E-state index >= 15 is 0 Å². The molecule has 112 valence electrons. The van der Waals surface area contributed by atoms with Crippen molar-refractivity contribution >= 4 is 15.7 Å². The van der Waals surface area contributed by atoms with E-state index in [-0.39, 0.29) is 4.90 Å². The second-order valence-corrected chi connectivity index (χ2v) is 5.84. The van der Waals surface area contributed by atoms with Gasteiger partial charge in [0.2, 0.25) is 0 Å². The molecule has 0 atom stereocenters. The van der Waals surface area contributed by atoms with Crippen LogP contribution in [0.5, 0.6) is 11.5 Å². The van der Waals surface area contributed by atoms with E-state index in [0.717, 1.165) is 0 Å². The number of hydrogen-bond donors (Lipinski definition) is 1. The Morgan fingerprint density at radius 3 is 2.29 bits per heavy atom. The van der Waals surface area contributed by atoms with Crippen molar-refractivity contribution in [2.24, 2.45) is 0 Å². The minimum Gasteiger partial charge on any atom is -0.495 e. The Bertz CT molecular complexity index is 713. The predicted molar refractivity (Wildman–Crippen MR) is 81.4 cm³/mol. The van der Waals surface area contributed by atoms with Crippen molar-refractivity contribution in [3.63, 3.8) is 0 Å². The lowest BCUT2D eigenvalue weighted by atomic mass is 10.3. The van der Waals surface area contributed by atoms with Gasteiger partial charge in [-0.2, -0.15) is 0 Å². The summed E-state index contributed by atoms with van der Waals surface area (Å²) < 4.78 is 38.0. The first-order valence-corrected chi connectivity index (χ1v) is 7.94. The normalized spacial score (nSPS) is 11.0. The Labute approximate surface area is 124 Å². The smallest absolute Gasteiger partial charge is 0.265 e. The van der Waals surface area contributed by atoms with Crippen molar-refractivity contribution in [2.75, 3.05) is 18.4 Å². The van der Waals surface area contributed by atoms with Gasteiger partial charge in [-0.05, 0) is 31.2 Å². The predicted octanol–water partition coefficient (Wildman–Crippen LogP) is 2.89. The molecule has 6 heteroatoms. The highest BCUT2D eigenvalue weighted by Gasteiger charge is 2.20. The third-order valence-electron chi connectivity index (χ3n) is 2.79. The molecule has 2 aromatic carbocycles. The number of nitrogens with one attached hydrogen (secondary N) is 1. The Balaban J connectivity index is 2.38. The first kappa shape index (κ1) is 15.2. The fourth-order valence-electron chi connectivity index (χ4n) is 1.87. The Hall–Kier alpha value is -2.21. The molecule has 0 bridgehead atoms. The van der Waals surface area contributed by atoms with Crippen LogP contribution in [0.15, 0.2) is 53.4 Å². The molecule has 0 radical (unpaired) electrons. The van der Waals surface area contributed by atoms with Crippen LogP contribution in [0.1, 0.15) is 6.92 Å². The lowest BCUT2D eigenvalue weighted by Crippen LogP contribution is -2.14. The van der Waals surface area contributed by atoms with Gasteiger partial charge in [0.25, 0.3) is 10.0 Å². The lowest BCUT2D eigenvalue weighted by molar-refractivity contribution is 0.342. The maximum Gasteiger partial charge on any atom is 0.265 e. The molecule has 2 rings (SSSR count).